The number of hydrogen-bond acceptors (Lipinski definition) is 5. The average Bonchev–Trinajstić information content (AvgIpc) is 3.12. The lowest BCUT2D eigenvalue weighted by Gasteiger charge is -2.21. The molecule has 24 heavy (non-hydrogen) atoms. The second kappa shape index (κ2) is 6.05. The first-order valence-corrected chi connectivity index (χ1v) is 9.55. The molecule has 1 aromatic carbocycles. The fraction of sp³-hybridized carbons (Fsp3) is 0.412. The Bertz CT molecular complexity index is 866. The van der Waals surface area contributed by atoms with Crippen molar-refractivity contribution in [3.05, 3.63) is 46.8 Å². The molecule has 1 aliphatic rings. The number of carbonyl (C=O) groups excluding carboxylic acids is 1. The summed E-state index contributed by atoms with van der Waals surface area (Å²) in [4.78, 5) is 14.3. The number of amides is 1. The molecule has 2 heterocycles. The molecule has 0 unspecified atom stereocenters. The Hall–Kier alpha value is -2.15. The third-order valence-electron chi connectivity index (χ3n) is 4.57. The van der Waals surface area contributed by atoms with Gasteiger partial charge in [0.05, 0.1) is 11.4 Å². The summed E-state index contributed by atoms with van der Waals surface area (Å²) in [7, 11) is -3.66. The standard InChI is InChI=1S/C17H20N2O4S/c1-11-15(12(2)23-18-11)10-24(21,22)13(3)17(20)19-9-8-14-6-4-5-7-16(14)19/h4-7,13H,8-10H2,1-3H3/t13-/m0/s1. The maximum absolute atomic E-state index is 12.8. The molecule has 0 saturated carbocycles. The SMILES string of the molecule is Cc1noc(C)c1CS(=O)(=O)[C@@H](C)C(=O)N1CCc2ccccc21. The number of anilines is 1. The van der Waals surface area contributed by atoms with E-state index in [1.807, 2.05) is 24.3 Å². The van der Waals surface area contributed by atoms with Gasteiger partial charge in [-0.25, -0.2) is 8.42 Å². The van der Waals surface area contributed by atoms with Crippen molar-refractivity contribution in [2.75, 3.05) is 11.4 Å². The molecule has 1 aliphatic heterocycles. The monoisotopic (exact) mass is 348 g/mol. The highest BCUT2D eigenvalue weighted by molar-refractivity contribution is 7.92. The molecule has 7 heteroatoms. The van der Waals surface area contributed by atoms with Gasteiger partial charge in [-0.2, -0.15) is 0 Å². The van der Waals surface area contributed by atoms with E-state index >= 15 is 0 Å². The fourth-order valence-electron chi connectivity index (χ4n) is 2.97. The van der Waals surface area contributed by atoms with Crippen LogP contribution in [0.4, 0.5) is 5.69 Å². The third kappa shape index (κ3) is 2.84. The van der Waals surface area contributed by atoms with Crippen LogP contribution in [0.5, 0.6) is 0 Å². The molecule has 2 aromatic rings. The van der Waals surface area contributed by atoms with Crippen molar-refractivity contribution >= 4 is 21.4 Å². The molecule has 0 saturated heterocycles. The first-order chi connectivity index (χ1) is 11.3. The van der Waals surface area contributed by atoms with E-state index in [0.717, 1.165) is 17.7 Å². The minimum Gasteiger partial charge on any atom is -0.361 e. The van der Waals surface area contributed by atoms with Crippen LogP contribution in [0.3, 0.4) is 0 Å². The van der Waals surface area contributed by atoms with Crippen molar-refractivity contribution in [2.24, 2.45) is 0 Å². The predicted octanol–water partition coefficient (Wildman–Crippen LogP) is 2.18. The van der Waals surface area contributed by atoms with Crippen LogP contribution in [0.25, 0.3) is 0 Å². The highest BCUT2D eigenvalue weighted by atomic mass is 32.2. The largest absolute Gasteiger partial charge is 0.361 e. The van der Waals surface area contributed by atoms with Gasteiger partial charge in [-0.3, -0.25) is 4.79 Å². The van der Waals surface area contributed by atoms with Crippen LogP contribution < -0.4 is 4.90 Å². The van der Waals surface area contributed by atoms with Gasteiger partial charge >= 0.3 is 0 Å². The average molecular weight is 348 g/mol. The van der Waals surface area contributed by atoms with Gasteiger partial charge in [-0.1, -0.05) is 23.4 Å². The highest BCUT2D eigenvalue weighted by Gasteiger charge is 2.35. The van der Waals surface area contributed by atoms with Gasteiger partial charge in [-0.15, -0.1) is 0 Å². The fourth-order valence-corrected chi connectivity index (χ4v) is 4.47. The van der Waals surface area contributed by atoms with E-state index in [4.69, 9.17) is 4.52 Å². The molecule has 1 aromatic heterocycles. The van der Waals surface area contributed by atoms with Gasteiger partial charge in [0.1, 0.15) is 11.0 Å². The van der Waals surface area contributed by atoms with Crippen LogP contribution in [0.2, 0.25) is 0 Å². The lowest BCUT2D eigenvalue weighted by molar-refractivity contribution is -0.117. The number of aryl methyl sites for hydroxylation is 2. The number of benzene rings is 1. The van der Waals surface area contributed by atoms with E-state index in [1.165, 1.54) is 6.92 Å². The topological polar surface area (TPSA) is 80.5 Å². The zero-order valence-electron chi connectivity index (χ0n) is 13.9. The molecule has 0 bridgehead atoms. The quantitative estimate of drug-likeness (QED) is 0.846. The molecule has 0 aliphatic carbocycles. The summed E-state index contributed by atoms with van der Waals surface area (Å²) in [6.45, 7) is 5.35. The van der Waals surface area contributed by atoms with Gasteiger partial charge in [0.2, 0.25) is 5.91 Å². The molecular weight excluding hydrogens is 328 g/mol. The smallest absolute Gasteiger partial charge is 0.245 e. The Balaban J connectivity index is 1.83. The third-order valence-corrected chi connectivity index (χ3v) is 6.54. The second-order valence-corrected chi connectivity index (χ2v) is 8.44. The number of carbonyl (C=O) groups is 1. The van der Waals surface area contributed by atoms with E-state index in [0.29, 0.717) is 23.6 Å². The number of nitrogens with zero attached hydrogens (tertiary/aromatic N) is 2. The van der Waals surface area contributed by atoms with E-state index in [1.54, 1.807) is 18.7 Å². The molecule has 0 spiro atoms. The van der Waals surface area contributed by atoms with Crippen LogP contribution >= 0.6 is 0 Å². The summed E-state index contributed by atoms with van der Waals surface area (Å²) >= 11 is 0. The Kier molecular flexibility index (Phi) is 4.21. The Morgan fingerprint density at radius 2 is 2.04 bits per heavy atom. The second-order valence-electron chi connectivity index (χ2n) is 6.12. The van der Waals surface area contributed by atoms with Gasteiger partial charge in [0.15, 0.2) is 9.84 Å². The lowest BCUT2D eigenvalue weighted by Crippen LogP contribution is -2.41. The highest BCUT2D eigenvalue weighted by Crippen LogP contribution is 2.29. The van der Waals surface area contributed by atoms with E-state index in [-0.39, 0.29) is 11.7 Å². The first kappa shape index (κ1) is 16.7. The number of rotatable bonds is 4. The number of fused-ring (bicyclic) bond motifs is 1. The van der Waals surface area contributed by atoms with E-state index in [2.05, 4.69) is 5.16 Å². The summed E-state index contributed by atoms with van der Waals surface area (Å²) < 4.78 is 30.4. The van der Waals surface area contributed by atoms with Crippen molar-refractivity contribution in [3.8, 4) is 0 Å². The van der Waals surface area contributed by atoms with Gasteiger partial charge < -0.3 is 9.42 Å². The van der Waals surface area contributed by atoms with Crippen LogP contribution in [-0.4, -0.2) is 31.3 Å². The Morgan fingerprint density at radius 1 is 1.33 bits per heavy atom. The maximum Gasteiger partial charge on any atom is 0.245 e. The zero-order chi connectivity index (χ0) is 17.5. The van der Waals surface area contributed by atoms with E-state index < -0.39 is 15.1 Å². The van der Waals surface area contributed by atoms with Crippen LogP contribution in [0, 0.1) is 13.8 Å². The summed E-state index contributed by atoms with van der Waals surface area (Å²) in [6.07, 6.45) is 0.749. The molecule has 0 N–H and O–H groups in total. The Labute approximate surface area is 141 Å². The summed E-state index contributed by atoms with van der Waals surface area (Å²) in [5, 5.41) is 2.66. The molecule has 1 amide bonds. The number of para-hydroxylation sites is 1. The maximum atomic E-state index is 12.8. The van der Waals surface area contributed by atoms with Crippen molar-refractivity contribution in [2.45, 2.75) is 38.2 Å². The van der Waals surface area contributed by atoms with Gasteiger partial charge in [0, 0.05) is 17.8 Å². The first-order valence-electron chi connectivity index (χ1n) is 7.84. The molecule has 6 nitrogen and oxygen atoms in total. The summed E-state index contributed by atoms with van der Waals surface area (Å²) in [5.41, 5.74) is 2.96. The minimum absolute atomic E-state index is 0.240. The predicted molar refractivity (Wildman–Crippen MR) is 90.6 cm³/mol. The van der Waals surface area contributed by atoms with E-state index in [9.17, 15) is 13.2 Å². The Morgan fingerprint density at radius 3 is 2.71 bits per heavy atom. The van der Waals surface area contributed by atoms with Crippen molar-refractivity contribution in [1.82, 2.24) is 5.16 Å². The molecule has 0 fully saturated rings. The molecule has 128 valence electrons. The normalized spacial score (nSPS) is 15.4. The van der Waals surface area contributed by atoms with Gasteiger partial charge in [0.25, 0.3) is 0 Å². The van der Waals surface area contributed by atoms with Crippen LogP contribution in [-0.2, 0) is 26.8 Å². The van der Waals surface area contributed by atoms with Gasteiger partial charge in [-0.05, 0) is 38.8 Å². The number of sulfone groups is 1. The number of aromatic nitrogens is 1. The summed E-state index contributed by atoms with van der Waals surface area (Å²) in [6, 6.07) is 7.59. The van der Waals surface area contributed by atoms with Crippen LogP contribution in [0.1, 0.15) is 29.5 Å². The van der Waals surface area contributed by atoms with Crippen LogP contribution in [0.15, 0.2) is 28.8 Å². The lowest BCUT2D eigenvalue weighted by atomic mass is 10.2. The van der Waals surface area contributed by atoms with Crippen molar-refractivity contribution in [3.63, 3.8) is 0 Å². The summed E-state index contributed by atoms with van der Waals surface area (Å²) in [5.74, 6) is -0.148. The molecule has 0 radical (unpaired) electrons. The van der Waals surface area contributed by atoms with Crippen molar-refractivity contribution < 1.29 is 17.7 Å². The number of hydrogen-bond donors (Lipinski definition) is 0. The van der Waals surface area contributed by atoms with Crippen molar-refractivity contribution in [1.29, 1.82) is 0 Å². The molecular formula is C17H20N2O4S. The minimum atomic E-state index is -3.66. The molecule has 1 atom stereocenters. The molecule has 3 rings (SSSR count). The zero-order valence-corrected chi connectivity index (χ0v) is 14.8.